The number of hydrogen-bond donors (Lipinski definition) is 1. The van der Waals surface area contributed by atoms with Gasteiger partial charge in [-0.2, -0.15) is 0 Å². The van der Waals surface area contributed by atoms with Crippen LogP contribution in [0, 0.1) is 13.8 Å². The lowest BCUT2D eigenvalue weighted by Gasteiger charge is -2.14. The molecular formula is C25H25N3O4S. The summed E-state index contributed by atoms with van der Waals surface area (Å²) in [6, 6.07) is 14.8. The first-order valence-corrected chi connectivity index (χ1v) is 11.5. The van der Waals surface area contributed by atoms with Crippen LogP contribution in [0.5, 0.6) is 5.75 Å². The van der Waals surface area contributed by atoms with Gasteiger partial charge in [-0.1, -0.05) is 24.3 Å². The lowest BCUT2D eigenvalue weighted by Crippen LogP contribution is -2.41. The van der Waals surface area contributed by atoms with E-state index in [-0.39, 0.29) is 24.6 Å². The number of carbonyl (C=O) groups is 1. The molecule has 0 unspecified atom stereocenters. The first-order chi connectivity index (χ1) is 15.9. The molecule has 0 atom stereocenters. The molecule has 1 amide bonds. The fraction of sp³-hybridized carbons (Fsp3) is 0.240. The maximum Gasteiger partial charge on any atom is 0.332 e. The average molecular weight is 464 g/mol. The molecule has 4 aromatic rings. The fourth-order valence-corrected chi connectivity index (χ4v) is 4.51. The first-order valence-electron chi connectivity index (χ1n) is 10.7. The van der Waals surface area contributed by atoms with Crippen LogP contribution in [-0.4, -0.2) is 21.6 Å². The first kappa shape index (κ1) is 22.5. The van der Waals surface area contributed by atoms with Crippen LogP contribution in [0.25, 0.3) is 10.2 Å². The van der Waals surface area contributed by atoms with Gasteiger partial charge in [0, 0.05) is 5.69 Å². The minimum atomic E-state index is -0.518. The Labute approximate surface area is 194 Å². The molecule has 0 fully saturated rings. The molecule has 2 aromatic carbocycles. The number of hydrogen-bond acceptors (Lipinski definition) is 5. The number of nitrogens with one attached hydrogen (secondary N) is 1. The van der Waals surface area contributed by atoms with Crippen molar-refractivity contribution in [3.8, 4) is 5.75 Å². The Morgan fingerprint density at radius 1 is 1.03 bits per heavy atom. The number of nitrogens with zero attached hydrogens (tertiary/aromatic N) is 2. The van der Waals surface area contributed by atoms with Crippen molar-refractivity contribution in [1.82, 2.24) is 9.13 Å². The largest absolute Gasteiger partial charge is 0.494 e. The third-order valence-corrected chi connectivity index (χ3v) is 6.27. The van der Waals surface area contributed by atoms with E-state index in [9.17, 15) is 14.4 Å². The number of thiophene rings is 1. The molecule has 170 valence electrons. The number of anilines is 1. The van der Waals surface area contributed by atoms with Crippen LogP contribution >= 0.6 is 11.3 Å². The maximum atomic E-state index is 13.3. The van der Waals surface area contributed by atoms with Crippen molar-refractivity contribution < 1.29 is 9.53 Å². The van der Waals surface area contributed by atoms with Gasteiger partial charge in [0.05, 0.1) is 18.7 Å². The molecule has 2 heterocycles. The molecule has 8 heteroatoms. The zero-order chi connectivity index (χ0) is 23.5. The van der Waals surface area contributed by atoms with Crippen molar-refractivity contribution in [3.05, 3.63) is 91.4 Å². The molecule has 0 aliphatic rings. The second-order valence-corrected chi connectivity index (χ2v) is 8.75. The smallest absolute Gasteiger partial charge is 0.332 e. The Kier molecular flexibility index (Phi) is 6.46. The molecule has 0 saturated heterocycles. The summed E-state index contributed by atoms with van der Waals surface area (Å²) in [5, 5.41) is 4.64. The predicted octanol–water partition coefficient (Wildman–Crippen LogP) is 3.93. The van der Waals surface area contributed by atoms with Gasteiger partial charge in [-0.3, -0.25) is 18.7 Å². The van der Waals surface area contributed by atoms with Gasteiger partial charge in [0.1, 0.15) is 17.0 Å². The molecule has 7 nitrogen and oxygen atoms in total. The second kappa shape index (κ2) is 9.46. The number of aryl methyl sites for hydroxylation is 2. The van der Waals surface area contributed by atoms with E-state index >= 15 is 0 Å². The van der Waals surface area contributed by atoms with Crippen LogP contribution in [0.15, 0.2) is 63.5 Å². The summed E-state index contributed by atoms with van der Waals surface area (Å²) in [6.07, 6.45) is 0. The van der Waals surface area contributed by atoms with Gasteiger partial charge in [0.15, 0.2) is 0 Å². The number of aromatic nitrogens is 2. The molecule has 2 aromatic heterocycles. The predicted molar refractivity (Wildman–Crippen MR) is 132 cm³/mol. The molecule has 1 N–H and O–H groups in total. The van der Waals surface area contributed by atoms with Crippen LogP contribution in [0.4, 0.5) is 5.69 Å². The minimum Gasteiger partial charge on any atom is -0.494 e. The zero-order valence-electron chi connectivity index (χ0n) is 18.8. The molecule has 0 aliphatic heterocycles. The van der Waals surface area contributed by atoms with Gasteiger partial charge >= 0.3 is 5.69 Å². The van der Waals surface area contributed by atoms with Crippen molar-refractivity contribution in [3.63, 3.8) is 0 Å². The van der Waals surface area contributed by atoms with Crippen LogP contribution in [-0.2, 0) is 17.9 Å². The molecule has 4 rings (SSSR count). The summed E-state index contributed by atoms with van der Waals surface area (Å²) in [4.78, 5) is 39.2. The van der Waals surface area contributed by atoms with E-state index in [1.165, 1.54) is 20.5 Å². The van der Waals surface area contributed by atoms with E-state index < -0.39 is 5.69 Å². The molecule has 0 bridgehead atoms. The minimum absolute atomic E-state index is 0.108. The summed E-state index contributed by atoms with van der Waals surface area (Å²) in [7, 11) is 0. The molecule has 0 radical (unpaired) electrons. The van der Waals surface area contributed by atoms with Gasteiger partial charge in [-0.25, -0.2) is 4.79 Å². The van der Waals surface area contributed by atoms with Crippen LogP contribution < -0.4 is 21.3 Å². The Balaban J connectivity index is 1.68. The highest BCUT2D eigenvalue weighted by Crippen LogP contribution is 2.18. The average Bonchev–Trinajstić information content (AvgIpc) is 3.28. The third-order valence-electron chi connectivity index (χ3n) is 5.38. The van der Waals surface area contributed by atoms with Crippen molar-refractivity contribution in [2.24, 2.45) is 0 Å². The molecular weight excluding hydrogens is 438 g/mol. The van der Waals surface area contributed by atoms with Crippen LogP contribution in [0.2, 0.25) is 0 Å². The highest BCUT2D eigenvalue weighted by Gasteiger charge is 2.17. The summed E-state index contributed by atoms with van der Waals surface area (Å²) < 4.78 is 8.44. The number of benzene rings is 2. The standard InChI is InChI=1S/C25H25N3O4S/c1-4-32-19-9-7-18(8-10-19)14-28-24(30)23-21(11-12-33-23)27(25(28)31)15-22(29)26-20-13-16(2)5-6-17(20)3/h5-13H,4,14-15H2,1-3H3,(H,26,29). The zero-order valence-corrected chi connectivity index (χ0v) is 19.6. The number of ether oxygens (including phenoxy) is 1. The highest BCUT2D eigenvalue weighted by molar-refractivity contribution is 7.17. The number of carbonyl (C=O) groups excluding carboxylic acids is 1. The molecule has 0 saturated carbocycles. The van der Waals surface area contributed by atoms with Crippen LogP contribution in [0.3, 0.4) is 0 Å². The maximum absolute atomic E-state index is 13.3. The molecule has 0 aliphatic carbocycles. The molecule has 33 heavy (non-hydrogen) atoms. The van der Waals surface area contributed by atoms with E-state index in [0.29, 0.717) is 22.5 Å². The number of amides is 1. The number of fused-ring (bicyclic) bond motifs is 1. The topological polar surface area (TPSA) is 82.3 Å². The van der Waals surface area contributed by atoms with Gasteiger partial charge in [0.2, 0.25) is 5.91 Å². The van der Waals surface area contributed by atoms with Crippen molar-refractivity contribution in [1.29, 1.82) is 0 Å². The summed E-state index contributed by atoms with van der Waals surface area (Å²) >= 11 is 1.26. The Hall–Kier alpha value is -3.65. The van der Waals surface area contributed by atoms with E-state index in [1.807, 2.05) is 63.2 Å². The Morgan fingerprint density at radius 2 is 1.79 bits per heavy atom. The van der Waals surface area contributed by atoms with Gasteiger partial charge in [-0.05, 0) is 67.1 Å². The van der Waals surface area contributed by atoms with Crippen molar-refractivity contribution in [2.45, 2.75) is 33.9 Å². The summed E-state index contributed by atoms with van der Waals surface area (Å²) in [5.41, 5.74) is 3.05. The Morgan fingerprint density at radius 3 is 2.52 bits per heavy atom. The van der Waals surface area contributed by atoms with Gasteiger partial charge < -0.3 is 10.1 Å². The van der Waals surface area contributed by atoms with E-state index in [0.717, 1.165) is 22.4 Å². The van der Waals surface area contributed by atoms with Crippen LogP contribution in [0.1, 0.15) is 23.6 Å². The van der Waals surface area contributed by atoms with Crippen molar-refractivity contribution in [2.75, 3.05) is 11.9 Å². The SMILES string of the molecule is CCOc1ccc(Cn2c(=O)c3sccc3n(CC(=O)Nc3cc(C)ccc3C)c2=O)cc1. The van der Waals surface area contributed by atoms with E-state index in [1.54, 1.807) is 11.4 Å². The van der Waals surface area contributed by atoms with E-state index in [2.05, 4.69) is 5.32 Å². The third kappa shape index (κ3) is 4.75. The Bertz CT molecular complexity index is 1430. The highest BCUT2D eigenvalue weighted by atomic mass is 32.1. The summed E-state index contributed by atoms with van der Waals surface area (Å²) in [5.74, 6) is 0.396. The normalized spacial score (nSPS) is 11.0. The summed E-state index contributed by atoms with van der Waals surface area (Å²) in [6.45, 7) is 6.24. The number of rotatable bonds is 7. The monoisotopic (exact) mass is 463 g/mol. The lowest BCUT2D eigenvalue weighted by atomic mass is 10.1. The lowest BCUT2D eigenvalue weighted by molar-refractivity contribution is -0.116. The molecule has 0 spiro atoms. The van der Waals surface area contributed by atoms with E-state index in [4.69, 9.17) is 4.74 Å². The van der Waals surface area contributed by atoms with Gasteiger partial charge in [-0.15, -0.1) is 11.3 Å². The fourth-order valence-electron chi connectivity index (χ4n) is 3.67. The quantitative estimate of drug-likeness (QED) is 0.450. The van der Waals surface area contributed by atoms with Crippen molar-refractivity contribution >= 4 is 33.1 Å². The second-order valence-electron chi connectivity index (χ2n) is 7.84. The van der Waals surface area contributed by atoms with Gasteiger partial charge in [0.25, 0.3) is 5.56 Å².